The van der Waals surface area contributed by atoms with Crippen molar-refractivity contribution in [2.45, 2.75) is 6.92 Å². The summed E-state index contributed by atoms with van der Waals surface area (Å²) in [5.74, 6) is 1.74. The van der Waals surface area contributed by atoms with Gasteiger partial charge in [-0.1, -0.05) is 0 Å². The second kappa shape index (κ2) is 8.05. The van der Waals surface area contributed by atoms with Gasteiger partial charge in [0.05, 0.1) is 33.5 Å². The van der Waals surface area contributed by atoms with Gasteiger partial charge in [0.1, 0.15) is 5.82 Å². The van der Waals surface area contributed by atoms with Crippen molar-refractivity contribution in [2.24, 2.45) is 0 Å². The quantitative estimate of drug-likeness (QED) is 0.781. The van der Waals surface area contributed by atoms with Gasteiger partial charge in [-0.15, -0.1) is 0 Å². The molecular formula is C17H20N2O5. The molecule has 7 heteroatoms. The number of nitrogens with one attached hydrogen (secondary N) is 1. The summed E-state index contributed by atoms with van der Waals surface area (Å²) < 4.78 is 20.8. The van der Waals surface area contributed by atoms with E-state index in [-0.39, 0.29) is 0 Å². The number of carbonyl (C=O) groups is 1. The second-order valence-corrected chi connectivity index (χ2v) is 4.69. The molecule has 128 valence electrons. The van der Waals surface area contributed by atoms with Gasteiger partial charge in [0.25, 0.3) is 0 Å². The Morgan fingerprint density at radius 3 is 2.21 bits per heavy atom. The molecule has 0 amide bonds. The van der Waals surface area contributed by atoms with Crippen molar-refractivity contribution in [3.05, 3.63) is 36.0 Å². The zero-order valence-electron chi connectivity index (χ0n) is 14.1. The van der Waals surface area contributed by atoms with Gasteiger partial charge in [0, 0.05) is 24.0 Å². The predicted octanol–water partition coefficient (Wildman–Crippen LogP) is 3.03. The Balaban J connectivity index is 2.23. The van der Waals surface area contributed by atoms with Crippen LogP contribution in [0.4, 0.5) is 11.5 Å². The van der Waals surface area contributed by atoms with Gasteiger partial charge in [-0.05, 0) is 19.1 Å². The fourth-order valence-corrected chi connectivity index (χ4v) is 2.10. The van der Waals surface area contributed by atoms with Crippen LogP contribution in [0.5, 0.6) is 17.2 Å². The summed E-state index contributed by atoms with van der Waals surface area (Å²) in [6.45, 7) is 2.08. The van der Waals surface area contributed by atoms with Crippen LogP contribution in [0.3, 0.4) is 0 Å². The smallest absolute Gasteiger partial charge is 0.339 e. The standard InChI is InChI=1S/C17H20N2O5/c1-5-24-17(20)11-6-7-15(18-10-11)19-12-8-13(21-2)16(23-4)14(9-12)22-3/h6-10H,5H2,1-4H3,(H,18,19). The summed E-state index contributed by atoms with van der Waals surface area (Å²) in [6, 6.07) is 6.87. The maximum absolute atomic E-state index is 11.6. The SMILES string of the molecule is CCOC(=O)c1ccc(Nc2cc(OC)c(OC)c(OC)c2)nc1. The van der Waals surface area contributed by atoms with Gasteiger partial charge in [-0.25, -0.2) is 9.78 Å². The molecule has 1 N–H and O–H groups in total. The minimum atomic E-state index is -0.399. The number of pyridine rings is 1. The molecule has 1 aromatic heterocycles. The van der Waals surface area contributed by atoms with Crippen molar-refractivity contribution >= 4 is 17.5 Å². The molecule has 24 heavy (non-hydrogen) atoms. The van der Waals surface area contributed by atoms with E-state index in [1.165, 1.54) is 6.20 Å². The first-order valence-corrected chi connectivity index (χ1v) is 7.33. The van der Waals surface area contributed by atoms with Gasteiger partial charge in [0.15, 0.2) is 11.5 Å². The molecule has 2 aromatic rings. The molecule has 0 aliphatic heterocycles. The van der Waals surface area contributed by atoms with E-state index in [9.17, 15) is 4.79 Å². The maximum atomic E-state index is 11.6. The van der Waals surface area contributed by atoms with Crippen LogP contribution in [0.2, 0.25) is 0 Å². The number of nitrogens with zero attached hydrogens (tertiary/aromatic N) is 1. The highest BCUT2D eigenvalue weighted by Crippen LogP contribution is 2.40. The second-order valence-electron chi connectivity index (χ2n) is 4.69. The van der Waals surface area contributed by atoms with Crippen LogP contribution < -0.4 is 19.5 Å². The van der Waals surface area contributed by atoms with E-state index in [0.717, 1.165) is 0 Å². The van der Waals surface area contributed by atoms with Crippen LogP contribution >= 0.6 is 0 Å². The van der Waals surface area contributed by atoms with Gasteiger partial charge in [0.2, 0.25) is 5.75 Å². The third-order valence-electron chi connectivity index (χ3n) is 3.21. The van der Waals surface area contributed by atoms with Gasteiger partial charge in [-0.2, -0.15) is 0 Å². The highest BCUT2D eigenvalue weighted by molar-refractivity contribution is 5.89. The lowest BCUT2D eigenvalue weighted by Crippen LogP contribution is -2.05. The highest BCUT2D eigenvalue weighted by Gasteiger charge is 2.14. The first-order valence-electron chi connectivity index (χ1n) is 7.33. The first-order chi connectivity index (χ1) is 11.6. The van der Waals surface area contributed by atoms with Gasteiger partial charge >= 0.3 is 5.97 Å². The number of rotatable bonds is 7. The summed E-state index contributed by atoms with van der Waals surface area (Å²) in [4.78, 5) is 15.8. The fraction of sp³-hybridized carbons (Fsp3) is 0.294. The molecule has 1 heterocycles. The molecule has 0 atom stereocenters. The van der Waals surface area contributed by atoms with E-state index >= 15 is 0 Å². The number of ether oxygens (including phenoxy) is 4. The molecule has 1 aromatic carbocycles. The third kappa shape index (κ3) is 3.87. The summed E-state index contributed by atoms with van der Waals surface area (Å²) in [7, 11) is 4.64. The lowest BCUT2D eigenvalue weighted by molar-refractivity contribution is 0.0526. The molecular weight excluding hydrogens is 312 g/mol. The minimum absolute atomic E-state index is 0.324. The number of hydrogen-bond donors (Lipinski definition) is 1. The Kier molecular flexibility index (Phi) is 5.83. The van der Waals surface area contributed by atoms with Crippen LogP contribution in [0.1, 0.15) is 17.3 Å². The zero-order valence-corrected chi connectivity index (χ0v) is 14.1. The molecule has 2 rings (SSSR count). The van der Waals surface area contributed by atoms with Crippen molar-refractivity contribution in [1.82, 2.24) is 4.98 Å². The Bertz CT molecular complexity index is 676. The Morgan fingerprint density at radius 2 is 1.75 bits per heavy atom. The van der Waals surface area contributed by atoms with Crippen molar-refractivity contribution in [3.63, 3.8) is 0 Å². The predicted molar refractivity (Wildman–Crippen MR) is 89.6 cm³/mol. The number of carbonyl (C=O) groups excluding carboxylic acids is 1. The average molecular weight is 332 g/mol. The Hall–Kier alpha value is -2.96. The summed E-state index contributed by atoms with van der Waals surface area (Å²) >= 11 is 0. The van der Waals surface area contributed by atoms with Crippen LogP contribution in [0.15, 0.2) is 30.5 Å². The van der Waals surface area contributed by atoms with Gasteiger partial charge in [-0.3, -0.25) is 0 Å². The maximum Gasteiger partial charge on any atom is 0.339 e. The molecule has 0 fully saturated rings. The zero-order chi connectivity index (χ0) is 17.5. The number of esters is 1. The number of methoxy groups -OCH3 is 3. The fourth-order valence-electron chi connectivity index (χ4n) is 2.10. The van der Waals surface area contributed by atoms with Crippen LogP contribution in [-0.4, -0.2) is 38.9 Å². The number of anilines is 2. The molecule has 0 spiro atoms. The van der Waals surface area contributed by atoms with Gasteiger partial charge < -0.3 is 24.3 Å². The van der Waals surface area contributed by atoms with E-state index in [2.05, 4.69) is 10.3 Å². The molecule has 0 aliphatic rings. The number of benzene rings is 1. The topological polar surface area (TPSA) is 78.9 Å². The number of aromatic nitrogens is 1. The van der Waals surface area contributed by atoms with E-state index in [4.69, 9.17) is 18.9 Å². The monoisotopic (exact) mass is 332 g/mol. The average Bonchev–Trinajstić information content (AvgIpc) is 2.61. The summed E-state index contributed by atoms with van der Waals surface area (Å²) in [5, 5.41) is 3.12. The molecule has 0 radical (unpaired) electrons. The molecule has 0 unspecified atom stereocenters. The normalized spacial score (nSPS) is 10.0. The van der Waals surface area contributed by atoms with E-state index < -0.39 is 5.97 Å². The highest BCUT2D eigenvalue weighted by atomic mass is 16.5. The Morgan fingerprint density at radius 1 is 1.08 bits per heavy atom. The van der Waals surface area contributed by atoms with Crippen molar-refractivity contribution in [3.8, 4) is 17.2 Å². The lowest BCUT2D eigenvalue weighted by atomic mass is 10.2. The van der Waals surface area contributed by atoms with Crippen molar-refractivity contribution in [1.29, 1.82) is 0 Å². The first kappa shape index (κ1) is 17.4. The summed E-state index contributed by atoms with van der Waals surface area (Å²) in [5.41, 5.74) is 1.10. The largest absolute Gasteiger partial charge is 0.493 e. The molecule has 7 nitrogen and oxygen atoms in total. The minimum Gasteiger partial charge on any atom is -0.493 e. The van der Waals surface area contributed by atoms with E-state index in [0.29, 0.717) is 40.9 Å². The molecule has 0 bridgehead atoms. The summed E-state index contributed by atoms with van der Waals surface area (Å²) in [6.07, 6.45) is 1.46. The van der Waals surface area contributed by atoms with Crippen LogP contribution in [-0.2, 0) is 4.74 Å². The molecule has 0 aliphatic carbocycles. The van der Waals surface area contributed by atoms with E-state index in [1.54, 1.807) is 52.5 Å². The molecule has 0 saturated carbocycles. The third-order valence-corrected chi connectivity index (χ3v) is 3.21. The van der Waals surface area contributed by atoms with Crippen molar-refractivity contribution in [2.75, 3.05) is 33.3 Å². The number of hydrogen-bond acceptors (Lipinski definition) is 7. The molecule has 0 saturated heterocycles. The van der Waals surface area contributed by atoms with Crippen LogP contribution in [0.25, 0.3) is 0 Å². The lowest BCUT2D eigenvalue weighted by Gasteiger charge is -2.15. The van der Waals surface area contributed by atoms with Crippen molar-refractivity contribution < 1.29 is 23.7 Å². The van der Waals surface area contributed by atoms with Crippen LogP contribution in [0, 0.1) is 0 Å². The Labute approximate surface area is 140 Å². The van der Waals surface area contributed by atoms with E-state index in [1.807, 2.05) is 0 Å².